The first-order valence-electron chi connectivity index (χ1n) is 9.23. The Labute approximate surface area is 160 Å². The SMILES string of the molecule is Cc1cnc(C(=O)N2CCC(c3cc4n(n3)[C@@H](C(F)(F)F)C[C@@H](C)N4)C2)cn1. The quantitative estimate of drug-likeness (QED) is 0.848. The Bertz CT molecular complexity index is 878. The van der Waals surface area contributed by atoms with Gasteiger partial charge in [-0.3, -0.25) is 9.78 Å². The van der Waals surface area contributed by atoms with Crippen LogP contribution in [-0.4, -0.2) is 55.9 Å². The van der Waals surface area contributed by atoms with Crippen molar-refractivity contribution in [2.75, 3.05) is 18.4 Å². The number of fused-ring (bicyclic) bond motifs is 1. The Morgan fingerprint density at radius 1 is 1.29 bits per heavy atom. The molecular formula is C18H21F3N6O. The first kappa shape index (κ1) is 18.7. The highest BCUT2D eigenvalue weighted by Crippen LogP contribution is 2.40. The molecule has 0 aromatic carbocycles. The van der Waals surface area contributed by atoms with E-state index in [9.17, 15) is 18.0 Å². The Kier molecular flexibility index (Phi) is 4.51. The van der Waals surface area contributed by atoms with Gasteiger partial charge in [-0.2, -0.15) is 18.3 Å². The molecule has 0 bridgehead atoms. The number of hydrogen-bond acceptors (Lipinski definition) is 5. The second kappa shape index (κ2) is 6.75. The number of anilines is 1. The Morgan fingerprint density at radius 3 is 2.75 bits per heavy atom. The van der Waals surface area contributed by atoms with E-state index < -0.39 is 12.2 Å². The summed E-state index contributed by atoms with van der Waals surface area (Å²) in [5.74, 6) is 0.0515. The van der Waals surface area contributed by atoms with Crippen molar-refractivity contribution in [3.63, 3.8) is 0 Å². The molecule has 0 aliphatic carbocycles. The number of halogens is 3. The maximum absolute atomic E-state index is 13.4. The molecule has 150 valence electrons. The van der Waals surface area contributed by atoms with Crippen LogP contribution in [0.5, 0.6) is 0 Å². The summed E-state index contributed by atoms with van der Waals surface area (Å²) >= 11 is 0. The van der Waals surface area contributed by atoms with Gasteiger partial charge in [0.15, 0.2) is 6.04 Å². The van der Waals surface area contributed by atoms with Gasteiger partial charge in [0.25, 0.3) is 5.91 Å². The molecule has 2 aromatic rings. The molecule has 1 N–H and O–H groups in total. The second-order valence-corrected chi connectivity index (χ2v) is 7.52. The molecule has 0 saturated carbocycles. The minimum absolute atomic E-state index is 0.0566. The van der Waals surface area contributed by atoms with Gasteiger partial charge in [0, 0.05) is 37.3 Å². The van der Waals surface area contributed by atoms with Crippen molar-refractivity contribution in [3.05, 3.63) is 35.5 Å². The third-order valence-corrected chi connectivity index (χ3v) is 5.29. The maximum Gasteiger partial charge on any atom is 0.410 e. The van der Waals surface area contributed by atoms with Crippen LogP contribution >= 0.6 is 0 Å². The van der Waals surface area contributed by atoms with Crippen molar-refractivity contribution in [1.82, 2.24) is 24.6 Å². The highest BCUT2D eigenvalue weighted by molar-refractivity contribution is 5.92. The summed E-state index contributed by atoms with van der Waals surface area (Å²) < 4.78 is 41.3. The lowest BCUT2D eigenvalue weighted by Gasteiger charge is -2.31. The maximum atomic E-state index is 13.4. The van der Waals surface area contributed by atoms with E-state index in [4.69, 9.17) is 0 Å². The molecule has 4 heterocycles. The number of aryl methyl sites for hydroxylation is 1. The zero-order valence-corrected chi connectivity index (χ0v) is 15.6. The molecule has 2 aromatic heterocycles. The Morgan fingerprint density at radius 2 is 2.07 bits per heavy atom. The van der Waals surface area contributed by atoms with Crippen LogP contribution in [0.2, 0.25) is 0 Å². The molecule has 28 heavy (non-hydrogen) atoms. The van der Waals surface area contributed by atoms with Gasteiger partial charge < -0.3 is 10.2 Å². The number of nitrogens with zero attached hydrogens (tertiary/aromatic N) is 5. The zero-order chi connectivity index (χ0) is 20.1. The summed E-state index contributed by atoms with van der Waals surface area (Å²) in [6, 6.07) is -0.237. The fourth-order valence-corrected chi connectivity index (χ4v) is 3.83. The van der Waals surface area contributed by atoms with E-state index in [0.29, 0.717) is 31.0 Å². The number of hydrogen-bond donors (Lipinski definition) is 1. The summed E-state index contributed by atoms with van der Waals surface area (Å²) in [4.78, 5) is 22.4. The fourth-order valence-electron chi connectivity index (χ4n) is 3.83. The first-order valence-corrected chi connectivity index (χ1v) is 9.23. The number of carbonyl (C=O) groups is 1. The van der Waals surface area contributed by atoms with E-state index >= 15 is 0 Å². The number of nitrogens with one attached hydrogen (secondary N) is 1. The Balaban J connectivity index is 1.52. The van der Waals surface area contributed by atoms with Gasteiger partial charge in [0.05, 0.1) is 17.6 Å². The third-order valence-electron chi connectivity index (χ3n) is 5.29. The molecule has 1 fully saturated rings. The van der Waals surface area contributed by atoms with Crippen LogP contribution in [0.3, 0.4) is 0 Å². The highest BCUT2D eigenvalue weighted by Gasteiger charge is 2.46. The molecule has 3 atom stereocenters. The molecular weight excluding hydrogens is 373 g/mol. The van der Waals surface area contributed by atoms with E-state index in [1.807, 2.05) is 0 Å². The largest absolute Gasteiger partial charge is 0.410 e. The molecule has 1 saturated heterocycles. The predicted octanol–water partition coefficient (Wildman–Crippen LogP) is 2.92. The van der Waals surface area contributed by atoms with Crippen LogP contribution in [0.15, 0.2) is 18.5 Å². The van der Waals surface area contributed by atoms with Crippen LogP contribution in [0.25, 0.3) is 0 Å². The summed E-state index contributed by atoms with van der Waals surface area (Å²) in [5.41, 5.74) is 1.57. The molecule has 4 rings (SSSR count). The summed E-state index contributed by atoms with van der Waals surface area (Å²) in [7, 11) is 0. The Hall–Kier alpha value is -2.65. The van der Waals surface area contributed by atoms with Crippen LogP contribution in [0.4, 0.5) is 19.0 Å². The van der Waals surface area contributed by atoms with Crippen LogP contribution in [0, 0.1) is 6.92 Å². The minimum Gasteiger partial charge on any atom is -0.368 e. The summed E-state index contributed by atoms with van der Waals surface area (Å²) in [6.45, 7) is 4.43. The van der Waals surface area contributed by atoms with Gasteiger partial charge in [-0.1, -0.05) is 0 Å². The lowest BCUT2D eigenvalue weighted by molar-refractivity contribution is -0.173. The number of alkyl halides is 3. The number of amides is 1. The molecule has 10 heteroatoms. The molecule has 0 radical (unpaired) electrons. The predicted molar refractivity (Wildman–Crippen MR) is 95.1 cm³/mol. The van der Waals surface area contributed by atoms with Crippen molar-refractivity contribution in [2.45, 2.75) is 50.9 Å². The smallest absolute Gasteiger partial charge is 0.368 e. The van der Waals surface area contributed by atoms with E-state index in [0.717, 1.165) is 10.4 Å². The van der Waals surface area contributed by atoms with Crippen LogP contribution in [0.1, 0.15) is 53.6 Å². The van der Waals surface area contributed by atoms with E-state index in [1.54, 1.807) is 24.8 Å². The summed E-state index contributed by atoms with van der Waals surface area (Å²) in [5, 5.41) is 7.33. The standard InChI is InChI=1S/C18H21F3N6O/c1-10-5-15(18(19,20)21)27-16(24-10)6-13(25-27)12-3-4-26(9-12)17(28)14-8-22-11(2)7-23-14/h6-8,10,12,15,24H,3-5,9H2,1-2H3/t10-,12?,15-/m1/s1. The lowest BCUT2D eigenvalue weighted by Crippen LogP contribution is -2.37. The van der Waals surface area contributed by atoms with Gasteiger partial charge in [-0.25, -0.2) is 9.67 Å². The van der Waals surface area contributed by atoms with Gasteiger partial charge in [0.2, 0.25) is 0 Å². The number of likely N-dealkylation sites (tertiary alicyclic amines) is 1. The average molecular weight is 394 g/mol. The monoisotopic (exact) mass is 394 g/mol. The van der Waals surface area contributed by atoms with Gasteiger partial charge in [0.1, 0.15) is 11.5 Å². The number of rotatable bonds is 2. The average Bonchev–Trinajstić information content (AvgIpc) is 3.27. The molecule has 7 nitrogen and oxygen atoms in total. The van der Waals surface area contributed by atoms with Crippen LogP contribution in [-0.2, 0) is 0 Å². The zero-order valence-electron chi connectivity index (χ0n) is 15.6. The van der Waals surface area contributed by atoms with Crippen molar-refractivity contribution in [1.29, 1.82) is 0 Å². The molecule has 2 aliphatic rings. The van der Waals surface area contributed by atoms with Crippen molar-refractivity contribution in [3.8, 4) is 0 Å². The first-order chi connectivity index (χ1) is 13.2. The van der Waals surface area contributed by atoms with E-state index in [2.05, 4.69) is 20.4 Å². The minimum atomic E-state index is -4.35. The normalized spacial score (nSPS) is 24.8. The molecule has 0 spiro atoms. The van der Waals surface area contributed by atoms with Gasteiger partial charge in [-0.05, 0) is 26.7 Å². The van der Waals surface area contributed by atoms with Crippen LogP contribution < -0.4 is 5.32 Å². The number of carbonyl (C=O) groups excluding carboxylic acids is 1. The number of aromatic nitrogens is 4. The molecule has 1 unspecified atom stereocenters. The topological polar surface area (TPSA) is 75.9 Å². The van der Waals surface area contributed by atoms with Gasteiger partial charge in [-0.15, -0.1) is 0 Å². The second-order valence-electron chi connectivity index (χ2n) is 7.52. The molecule has 1 amide bonds. The highest BCUT2D eigenvalue weighted by atomic mass is 19.4. The fraction of sp³-hybridized carbons (Fsp3) is 0.556. The van der Waals surface area contributed by atoms with Gasteiger partial charge >= 0.3 is 6.18 Å². The van der Waals surface area contributed by atoms with E-state index in [-0.39, 0.29) is 30.0 Å². The lowest BCUT2D eigenvalue weighted by atomic mass is 10.0. The third kappa shape index (κ3) is 3.43. The summed E-state index contributed by atoms with van der Waals surface area (Å²) in [6.07, 6.45) is -0.781. The van der Waals surface area contributed by atoms with Crippen molar-refractivity contribution >= 4 is 11.7 Å². The van der Waals surface area contributed by atoms with Crippen molar-refractivity contribution < 1.29 is 18.0 Å². The molecule has 2 aliphatic heterocycles. The van der Waals surface area contributed by atoms with Crippen molar-refractivity contribution in [2.24, 2.45) is 0 Å². The van der Waals surface area contributed by atoms with E-state index in [1.165, 1.54) is 12.4 Å².